The molecule has 0 spiro atoms. The van der Waals surface area contributed by atoms with Crippen LogP contribution in [0, 0.1) is 6.92 Å². The maximum atomic E-state index is 13.6. The van der Waals surface area contributed by atoms with Gasteiger partial charge in [-0.25, -0.2) is 13.8 Å². The van der Waals surface area contributed by atoms with Crippen LogP contribution < -0.4 is 19.2 Å². The van der Waals surface area contributed by atoms with Crippen LogP contribution in [0.25, 0.3) is 0 Å². The summed E-state index contributed by atoms with van der Waals surface area (Å²) >= 11 is 12.3. The van der Waals surface area contributed by atoms with E-state index in [0.29, 0.717) is 30.3 Å². The molecule has 42 heavy (non-hydrogen) atoms. The number of anilines is 1. The summed E-state index contributed by atoms with van der Waals surface area (Å²) in [5.74, 6) is 0.418. The zero-order valence-electron chi connectivity index (χ0n) is 23.0. The van der Waals surface area contributed by atoms with Gasteiger partial charge in [0.2, 0.25) is 0 Å². The lowest BCUT2D eigenvalue weighted by atomic mass is 10.2. The Morgan fingerprint density at radius 1 is 0.905 bits per heavy atom. The number of hydrogen-bond donors (Lipinski definition) is 1. The van der Waals surface area contributed by atoms with Crippen LogP contribution >= 0.6 is 23.2 Å². The molecule has 1 amide bonds. The molecule has 0 aliphatic heterocycles. The Kier molecular flexibility index (Phi) is 10.5. The molecule has 4 aromatic carbocycles. The summed E-state index contributed by atoms with van der Waals surface area (Å²) in [5.41, 5.74) is 5.08. The van der Waals surface area contributed by atoms with Crippen LogP contribution in [0.2, 0.25) is 10.0 Å². The number of nitrogens with zero attached hydrogens (tertiary/aromatic N) is 2. The molecule has 0 atom stereocenters. The van der Waals surface area contributed by atoms with Crippen LogP contribution in [0.5, 0.6) is 11.5 Å². The first-order valence-electron chi connectivity index (χ1n) is 13.0. The van der Waals surface area contributed by atoms with Gasteiger partial charge in [0.1, 0.15) is 13.2 Å². The molecule has 0 aliphatic rings. The van der Waals surface area contributed by atoms with Crippen LogP contribution in [-0.2, 0) is 21.4 Å². The van der Waals surface area contributed by atoms with E-state index in [9.17, 15) is 13.2 Å². The number of sulfonamides is 1. The first-order valence-corrected chi connectivity index (χ1v) is 15.2. The molecular weight excluding hydrogens is 597 g/mol. The lowest BCUT2D eigenvalue weighted by Gasteiger charge is -2.24. The van der Waals surface area contributed by atoms with Crippen LogP contribution in [0.15, 0.2) is 101 Å². The van der Waals surface area contributed by atoms with Crippen molar-refractivity contribution < 1.29 is 22.7 Å². The molecule has 0 aromatic heterocycles. The van der Waals surface area contributed by atoms with E-state index < -0.39 is 22.5 Å². The highest BCUT2D eigenvalue weighted by molar-refractivity contribution is 7.92. The van der Waals surface area contributed by atoms with Crippen LogP contribution in [-0.4, -0.2) is 33.7 Å². The SMILES string of the molecule is CCOc1cc(/C=N\NC(=O)CN(c2cc(Cl)cc(Cl)c2)S(=O)(=O)c2ccc(C)cc2)ccc1OCc1ccccc1. The number of benzene rings is 4. The maximum absolute atomic E-state index is 13.6. The topological polar surface area (TPSA) is 97.3 Å². The van der Waals surface area contributed by atoms with Crippen molar-refractivity contribution in [2.45, 2.75) is 25.3 Å². The lowest BCUT2D eigenvalue weighted by molar-refractivity contribution is -0.119. The molecule has 218 valence electrons. The Bertz CT molecular complexity index is 1640. The largest absolute Gasteiger partial charge is 0.490 e. The minimum absolute atomic E-state index is 0.0125. The molecule has 0 saturated heterocycles. The fourth-order valence-electron chi connectivity index (χ4n) is 3.91. The van der Waals surface area contributed by atoms with Crippen molar-refractivity contribution >= 4 is 51.0 Å². The Morgan fingerprint density at radius 3 is 2.26 bits per heavy atom. The molecule has 0 saturated carbocycles. The third-order valence-corrected chi connectivity index (χ3v) is 8.16. The molecule has 0 unspecified atom stereocenters. The average Bonchev–Trinajstić information content (AvgIpc) is 2.96. The van der Waals surface area contributed by atoms with Crippen molar-refractivity contribution in [2.24, 2.45) is 5.10 Å². The van der Waals surface area contributed by atoms with Crippen molar-refractivity contribution in [1.29, 1.82) is 0 Å². The molecule has 1 N–H and O–H groups in total. The molecule has 0 radical (unpaired) electrons. The zero-order chi connectivity index (χ0) is 30.1. The van der Waals surface area contributed by atoms with Gasteiger partial charge in [0.15, 0.2) is 11.5 Å². The van der Waals surface area contributed by atoms with Gasteiger partial charge in [-0.1, -0.05) is 71.2 Å². The van der Waals surface area contributed by atoms with Gasteiger partial charge < -0.3 is 9.47 Å². The molecular formula is C31H29Cl2N3O5S. The molecule has 0 fully saturated rings. The number of rotatable bonds is 12. The van der Waals surface area contributed by atoms with Crippen molar-refractivity contribution in [3.8, 4) is 11.5 Å². The van der Waals surface area contributed by atoms with Gasteiger partial charge in [0.05, 0.1) is 23.4 Å². The first-order chi connectivity index (χ1) is 20.2. The van der Waals surface area contributed by atoms with Crippen LogP contribution in [0.3, 0.4) is 0 Å². The van der Waals surface area contributed by atoms with Gasteiger partial charge >= 0.3 is 0 Å². The summed E-state index contributed by atoms with van der Waals surface area (Å²) in [6.45, 7) is 3.95. The second-order valence-corrected chi connectivity index (χ2v) is 11.9. The van der Waals surface area contributed by atoms with Gasteiger partial charge in [0, 0.05) is 10.0 Å². The molecule has 0 aliphatic carbocycles. The van der Waals surface area contributed by atoms with E-state index in [2.05, 4.69) is 10.5 Å². The van der Waals surface area contributed by atoms with E-state index in [4.69, 9.17) is 32.7 Å². The number of carbonyl (C=O) groups is 1. The van der Waals surface area contributed by atoms with E-state index in [1.54, 1.807) is 30.3 Å². The second-order valence-electron chi connectivity index (χ2n) is 9.16. The monoisotopic (exact) mass is 625 g/mol. The summed E-state index contributed by atoms with van der Waals surface area (Å²) in [5, 5.41) is 4.47. The summed E-state index contributed by atoms with van der Waals surface area (Å²) < 4.78 is 39.7. The van der Waals surface area contributed by atoms with Crippen molar-refractivity contribution in [1.82, 2.24) is 5.43 Å². The van der Waals surface area contributed by atoms with E-state index in [1.807, 2.05) is 44.2 Å². The zero-order valence-corrected chi connectivity index (χ0v) is 25.3. The third kappa shape index (κ3) is 8.25. The number of ether oxygens (including phenoxy) is 2. The smallest absolute Gasteiger partial charge is 0.264 e. The summed E-state index contributed by atoms with van der Waals surface area (Å²) in [6, 6.07) is 25.6. The quantitative estimate of drug-likeness (QED) is 0.141. The standard InChI is InChI=1S/C31H29Cl2N3O5S/c1-3-40-30-15-24(11-14-29(30)41-21-23-7-5-4-6-8-23)19-34-35-31(37)20-36(27-17-25(32)16-26(33)18-27)42(38,39)28-12-9-22(2)10-13-28/h4-19H,3,20-21H2,1-2H3,(H,35,37)/b34-19-. The molecule has 8 nitrogen and oxygen atoms in total. The molecule has 4 aromatic rings. The van der Waals surface area contributed by atoms with Crippen molar-refractivity contribution in [3.63, 3.8) is 0 Å². The van der Waals surface area contributed by atoms with Gasteiger partial charge in [-0.15, -0.1) is 0 Å². The predicted octanol–water partition coefficient (Wildman–Crippen LogP) is 6.63. The first kappa shape index (κ1) is 30.9. The Morgan fingerprint density at radius 2 is 1.60 bits per heavy atom. The number of aryl methyl sites for hydroxylation is 1. The van der Waals surface area contributed by atoms with E-state index in [-0.39, 0.29) is 20.6 Å². The Labute approximate surface area is 255 Å². The van der Waals surface area contributed by atoms with E-state index >= 15 is 0 Å². The Balaban J connectivity index is 1.49. The summed E-state index contributed by atoms with van der Waals surface area (Å²) in [6.07, 6.45) is 1.43. The highest BCUT2D eigenvalue weighted by Gasteiger charge is 2.27. The van der Waals surface area contributed by atoms with Gasteiger partial charge in [-0.2, -0.15) is 5.10 Å². The fraction of sp³-hybridized carbons (Fsp3) is 0.161. The Hall–Kier alpha value is -4.05. The van der Waals surface area contributed by atoms with E-state index in [0.717, 1.165) is 15.4 Å². The van der Waals surface area contributed by atoms with E-state index in [1.165, 1.54) is 36.5 Å². The third-order valence-electron chi connectivity index (χ3n) is 5.94. The summed E-state index contributed by atoms with van der Waals surface area (Å²) in [4.78, 5) is 12.9. The molecule has 4 rings (SSSR count). The van der Waals surface area contributed by atoms with Gasteiger partial charge in [-0.3, -0.25) is 9.10 Å². The van der Waals surface area contributed by atoms with Gasteiger partial charge in [-0.05, 0) is 73.5 Å². The predicted molar refractivity (Wildman–Crippen MR) is 166 cm³/mol. The number of hydrazone groups is 1. The maximum Gasteiger partial charge on any atom is 0.264 e. The van der Waals surface area contributed by atoms with Crippen LogP contribution in [0.4, 0.5) is 5.69 Å². The number of amides is 1. The normalized spacial score (nSPS) is 11.3. The number of carbonyl (C=O) groups excluding carboxylic acids is 1. The minimum Gasteiger partial charge on any atom is -0.490 e. The average molecular weight is 627 g/mol. The minimum atomic E-state index is -4.15. The number of halogens is 2. The fourth-order valence-corrected chi connectivity index (χ4v) is 5.83. The van der Waals surface area contributed by atoms with Crippen LogP contribution in [0.1, 0.15) is 23.6 Å². The number of hydrogen-bond acceptors (Lipinski definition) is 6. The molecule has 0 bridgehead atoms. The van der Waals surface area contributed by atoms with Crippen molar-refractivity contribution in [3.05, 3.63) is 118 Å². The molecule has 0 heterocycles. The highest BCUT2D eigenvalue weighted by Crippen LogP contribution is 2.30. The summed E-state index contributed by atoms with van der Waals surface area (Å²) in [7, 11) is -4.15. The number of nitrogens with one attached hydrogen (secondary N) is 1. The molecule has 11 heteroatoms. The van der Waals surface area contributed by atoms with Crippen molar-refractivity contribution in [2.75, 3.05) is 17.5 Å². The van der Waals surface area contributed by atoms with Gasteiger partial charge in [0.25, 0.3) is 15.9 Å². The lowest BCUT2D eigenvalue weighted by Crippen LogP contribution is -2.39. The highest BCUT2D eigenvalue weighted by atomic mass is 35.5. The second kappa shape index (κ2) is 14.2.